The summed E-state index contributed by atoms with van der Waals surface area (Å²) in [5.41, 5.74) is 1.24. The maximum Gasteiger partial charge on any atom is 0.172 e. The SMILES string of the molecule is CN1CCCC[C@@H]1CCc1nc(Cn2cncn2)nn1Cc1ccccc1. The van der Waals surface area contributed by atoms with Crippen LogP contribution in [0.3, 0.4) is 0 Å². The van der Waals surface area contributed by atoms with Gasteiger partial charge in [0.25, 0.3) is 0 Å². The fourth-order valence-electron chi connectivity index (χ4n) is 3.82. The minimum absolute atomic E-state index is 0.554. The van der Waals surface area contributed by atoms with Gasteiger partial charge >= 0.3 is 0 Å². The molecule has 0 bridgehead atoms. The van der Waals surface area contributed by atoms with Gasteiger partial charge < -0.3 is 4.90 Å². The summed E-state index contributed by atoms with van der Waals surface area (Å²) in [5.74, 6) is 1.86. The fourth-order valence-corrected chi connectivity index (χ4v) is 3.82. The van der Waals surface area contributed by atoms with Crippen LogP contribution in [0.15, 0.2) is 43.0 Å². The van der Waals surface area contributed by atoms with E-state index in [-0.39, 0.29) is 0 Å². The Kier molecular flexibility index (Phi) is 5.58. The highest BCUT2D eigenvalue weighted by molar-refractivity contribution is 5.15. The first-order chi connectivity index (χ1) is 13.3. The van der Waals surface area contributed by atoms with Gasteiger partial charge in [-0.05, 0) is 38.4 Å². The lowest BCUT2D eigenvalue weighted by Gasteiger charge is -2.32. The first-order valence-corrected chi connectivity index (χ1v) is 9.77. The molecule has 1 fully saturated rings. The van der Waals surface area contributed by atoms with E-state index in [1.165, 1.54) is 31.4 Å². The Labute approximate surface area is 160 Å². The fraction of sp³-hybridized carbons (Fsp3) is 0.500. The van der Waals surface area contributed by atoms with E-state index in [0.29, 0.717) is 12.6 Å². The number of hydrogen-bond acceptors (Lipinski definition) is 5. The molecule has 0 amide bonds. The van der Waals surface area contributed by atoms with Crippen LogP contribution in [0.25, 0.3) is 0 Å². The smallest absolute Gasteiger partial charge is 0.172 e. The molecule has 0 saturated carbocycles. The maximum atomic E-state index is 4.84. The van der Waals surface area contributed by atoms with Crippen LogP contribution >= 0.6 is 0 Å². The zero-order chi connectivity index (χ0) is 18.5. The number of piperidine rings is 1. The Morgan fingerprint density at radius 3 is 2.78 bits per heavy atom. The lowest BCUT2D eigenvalue weighted by atomic mass is 9.98. The number of benzene rings is 1. The van der Waals surface area contributed by atoms with Gasteiger partial charge in [-0.2, -0.15) is 10.2 Å². The molecular weight excluding hydrogens is 338 g/mol. The van der Waals surface area contributed by atoms with Crippen molar-refractivity contribution in [3.05, 3.63) is 60.2 Å². The van der Waals surface area contributed by atoms with Crippen molar-refractivity contribution in [3.63, 3.8) is 0 Å². The Bertz CT molecular complexity index is 825. The molecule has 2 aromatic heterocycles. The van der Waals surface area contributed by atoms with Gasteiger partial charge in [0.1, 0.15) is 25.0 Å². The van der Waals surface area contributed by atoms with Gasteiger partial charge in [0, 0.05) is 12.5 Å². The number of hydrogen-bond donors (Lipinski definition) is 0. The molecule has 4 rings (SSSR count). The monoisotopic (exact) mass is 365 g/mol. The molecule has 3 aromatic rings. The quantitative estimate of drug-likeness (QED) is 0.643. The second kappa shape index (κ2) is 8.43. The standard InChI is InChI=1S/C20H27N7/c1-25-12-6-5-9-18(25)10-11-20-23-19(14-26-16-21-15-22-26)24-27(20)13-17-7-3-2-4-8-17/h2-4,7-8,15-16,18H,5-6,9-14H2,1H3/t18-/m1/s1. The minimum Gasteiger partial charge on any atom is -0.303 e. The number of aryl methyl sites for hydroxylation is 1. The first-order valence-electron chi connectivity index (χ1n) is 9.77. The number of nitrogens with zero attached hydrogens (tertiary/aromatic N) is 7. The van der Waals surface area contributed by atoms with Crippen molar-refractivity contribution in [2.45, 2.75) is 51.2 Å². The van der Waals surface area contributed by atoms with Crippen LogP contribution in [0.4, 0.5) is 0 Å². The second-order valence-electron chi connectivity index (χ2n) is 7.35. The predicted molar refractivity (Wildman–Crippen MR) is 103 cm³/mol. The summed E-state index contributed by atoms with van der Waals surface area (Å²) in [6.45, 7) is 2.51. The third-order valence-electron chi connectivity index (χ3n) is 5.36. The Morgan fingerprint density at radius 2 is 2.00 bits per heavy atom. The summed E-state index contributed by atoms with van der Waals surface area (Å²) in [5, 5.41) is 8.94. The Morgan fingerprint density at radius 1 is 1.11 bits per heavy atom. The van der Waals surface area contributed by atoms with Crippen LogP contribution in [0.2, 0.25) is 0 Å². The molecule has 7 nitrogen and oxygen atoms in total. The van der Waals surface area contributed by atoms with Gasteiger partial charge in [0.15, 0.2) is 5.82 Å². The highest BCUT2D eigenvalue weighted by Crippen LogP contribution is 2.19. The molecule has 1 atom stereocenters. The van der Waals surface area contributed by atoms with Crippen LogP contribution in [0, 0.1) is 0 Å². The van der Waals surface area contributed by atoms with E-state index >= 15 is 0 Å². The van der Waals surface area contributed by atoms with Gasteiger partial charge in [0.2, 0.25) is 0 Å². The molecule has 142 valence electrons. The zero-order valence-corrected chi connectivity index (χ0v) is 15.9. The van der Waals surface area contributed by atoms with E-state index in [1.54, 1.807) is 17.3 Å². The molecular formula is C20H27N7. The van der Waals surface area contributed by atoms with Crippen LogP contribution in [0.5, 0.6) is 0 Å². The summed E-state index contributed by atoms with van der Waals surface area (Å²) in [7, 11) is 2.24. The maximum absolute atomic E-state index is 4.84. The molecule has 0 unspecified atom stereocenters. The van der Waals surface area contributed by atoms with E-state index in [0.717, 1.165) is 31.0 Å². The second-order valence-corrected chi connectivity index (χ2v) is 7.35. The summed E-state index contributed by atoms with van der Waals surface area (Å²) in [4.78, 5) is 11.3. The molecule has 0 spiro atoms. The normalized spacial score (nSPS) is 18.0. The van der Waals surface area contributed by atoms with Crippen molar-refractivity contribution < 1.29 is 0 Å². The lowest BCUT2D eigenvalue weighted by molar-refractivity contribution is 0.175. The topological polar surface area (TPSA) is 64.7 Å². The molecule has 1 aromatic carbocycles. The molecule has 0 N–H and O–H groups in total. The van der Waals surface area contributed by atoms with E-state index < -0.39 is 0 Å². The van der Waals surface area contributed by atoms with Crippen molar-refractivity contribution in [2.24, 2.45) is 0 Å². The van der Waals surface area contributed by atoms with E-state index in [4.69, 9.17) is 10.1 Å². The van der Waals surface area contributed by atoms with E-state index in [1.807, 2.05) is 6.07 Å². The van der Waals surface area contributed by atoms with Gasteiger partial charge in [-0.15, -0.1) is 0 Å². The van der Waals surface area contributed by atoms with Crippen LogP contribution in [-0.4, -0.2) is 54.1 Å². The highest BCUT2D eigenvalue weighted by atomic mass is 15.4. The van der Waals surface area contributed by atoms with Gasteiger partial charge in [0.05, 0.1) is 6.54 Å². The van der Waals surface area contributed by atoms with Crippen molar-refractivity contribution in [3.8, 4) is 0 Å². The number of rotatable bonds is 7. The molecule has 3 heterocycles. The third kappa shape index (κ3) is 4.60. The highest BCUT2D eigenvalue weighted by Gasteiger charge is 2.20. The molecule has 0 aliphatic carbocycles. The molecule has 1 aliphatic heterocycles. The number of aromatic nitrogens is 6. The first kappa shape index (κ1) is 17.9. The molecule has 1 saturated heterocycles. The number of likely N-dealkylation sites (tertiary alicyclic amines) is 1. The molecule has 7 heteroatoms. The summed E-state index contributed by atoms with van der Waals surface area (Å²) < 4.78 is 3.82. The molecule has 27 heavy (non-hydrogen) atoms. The van der Waals surface area contributed by atoms with E-state index in [9.17, 15) is 0 Å². The molecule has 1 aliphatic rings. The molecule has 0 radical (unpaired) electrons. The minimum atomic E-state index is 0.554. The summed E-state index contributed by atoms with van der Waals surface area (Å²) in [6, 6.07) is 11.1. The zero-order valence-electron chi connectivity index (χ0n) is 15.9. The van der Waals surface area contributed by atoms with Crippen molar-refractivity contribution in [1.82, 2.24) is 34.4 Å². The average Bonchev–Trinajstić information content (AvgIpc) is 3.32. The van der Waals surface area contributed by atoms with Crippen LogP contribution in [-0.2, 0) is 19.5 Å². The largest absolute Gasteiger partial charge is 0.303 e. The van der Waals surface area contributed by atoms with Gasteiger partial charge in [-0.1, -0.05) is 36.8 Å². The Hall–Kier alpha value is -2.54. The van der Waals surface area contributed by atoms with Gasteiger partial charge in [-0.25, -0.2) is 19.3 Å². The third-order valence-corrected chi connectivity index (χ3v) is 5.36. The van der Waals surface area contributed by atoms with Crippen molar-refractivity contribution in [1.29, 1.82) is 0 Å². The van der Waals surface area contributed by atoms with Crippen LogP contribution in [0.1, 0.15) is 42.9 Å². The Balaban J connectivity index is 1.50. The van der Waals surface area contributed by atoms with E-state index in [2.05, 4.69) is 51.0 Å². The average molecular weight is 365 g/mol. The van der Waals surface area contributed by atoms with Crippen LogP contribution < -0.4 is 0 Å². The van der Waals surface area contributed by atoms with Crippen molar-refractivity contribution in [2.75, 3.05) is 13.6 Å². The lowest BCUT2D eigenvalue weighted by Crippen LogP contribution is -2.36. The van der Waals surface area contributed by atoms with Gasteiger partial charge in [-0.3, -0.25) is 0 Å². The summed E-state index contributed by atoms with van der Waals surface area (Å²) in [6.07, 6.45) is 9.27. The summed E-state index contributed by atoms with van der Waals surface area (Å²) >= 11 is 0. The predicted octanol–water partition coefficient (Wildman–Crippen LogP) is 2.38. The van der Waals surface area contributed by atoms with Crippen molar-refractivity contribution >= 4 is 0 Å².